The van der Waals surface area contributed by atoms with E-state index in [9.17, 15) is 30.7 Å². The highest BCUT2D eigenvalue weighted by Gasteiger charge is 2.30. The largest absolute Gasteiger partial charge is 0.429 e. The number of alkyl halides is 2. The Morgan fingerprint density at radius 3 is 1.90 bits per heavy atom. The average Bonchev–Trinajstić information content (AvgIpc) is 3.03. The first-order chi connectivity index (χ1) is 22.8. The van der Waals surface area contributed by atoms with E-state index >= 15 is 8.78 Å². The van der Waals surface area contributed by atoms with Crippen LogP contribution in [0.1, 0.15) is 50.0 Å². The molecule has 0 atom stereocenters. The number of hydrogen-bond acceptors (Lipinski definition) is 3. The summed E-state index contributed by atoms with van der Waals surface area (Å²) in [5, 5.41) is 0. The van der Waals surface area contributed by atoms with Crippen LogP contribution in [0.2, 0.25) is 0 Å². The molecule has 0 unspecified atom stereocenters. The van der Waals surface area contributed by atoms with Crippen LogP contribution in [-0.4, -0.2) is 19.3 Å². The van der Waals surface area contributed by atoms with Crippen molar-refractivity contribution < 1.29 is 53.7 Å². The fourth-order valence-corrected chi connectivity index (χ4v) is 5.28. The summed E-state index contributed by atoms with van der Waals surface area (Å²) in [6, 6.07) is 9.59. The topological polar surface area (TPSA) is 27.7 Å². The van der Waals surface area contributed by atoms with Crippen molar-refractivity contribution in [1.82, 2.24) is 0 Å². The van der Waals surface area contributed by atoms with Crippen LogP contribution < -0.4 is 4.74 Å². The number of unbranched alkanes of at least 4 members (excludes halogenated alkanes) is 2. The highest BCUT2D eigenvalue weighted by molar-refractivity contribution is 5.72. The maximum atomic E-state index is 15.2. The maximum Gasteiger partial charge on any atom is 0.419 e. The lowest BCUT2D eigenvalue weighted by molar-refractivity contribution is -0.206. The van der Waals surface area contributed by atoms with Gasteiger partial charge in [0.1, 0.15) is 29.0 Å². The third-order valence-electron chi connectivity index (χ3n) is 7.77. The van der Waals surface area contributed by atoms with Crippen molar-refractivity contribution in [3.8, 4) is 28.0 Å². The molecule has 1 heterocycles. The van der Waals surface area contributed by atoms with Crippen molar-refractivity contribution in [3.63, 3.8) is 0 Å². The van der Waals surface area contributed by atoms with Gasteiger partial charge in [-0.3, -0.25) is 0 Å². The Balaban J connectivity index is 1.28. The molecule has 4 aromatic rings. The lowest BCUT2D eigenvalue weighted by atomic mass is 9.97. The normalized spacial score (nSPS) is 16.9. The summed E-state index contributed by atoms with van der Waals surface area (Å²) in [5.41, 5.74) is -0.814. The fraction of sp³-hybridized carbons (Fsp3) is 0.278. The number of halogens is 9. The van der Waals surface area contributed by atoms with Crippen LogP contribution in [0.3, 0.4) is 0 Å². The van der Waals surface area contributed by atoms with Crippen LogP contribution in [0.4, 0.5) is 39.5 Å². The van der Waals surface area contributed by atoms with Gasteiger partial charge in [0.25, 0.3) is 0 Å². The van der Waals surface area contributed by atoms with Gasteiger partial charge in [0.2, 0.25) is 0 Å². The second kappa shape index (κ2) is 14.9. The van der Waals surface area contributed by atoms with Gasteiger partial charge in [-0.15, -0.1) is 0 Å². The minimum Gasteiger partial charge on any atom is -0.429 e. The highest BCUT2D eigenvalue weighted by atomic mass is 19.3. The molecule has 5 rings (SSSR count). The predicted octanol–water partition coefficient (Wildman–Crippen LogP) is 10.9. The van der Waals surface area contributed by atoms with Crippen LogP contribution in [0.25, 0.3) is 28.3 Å². The van der Waals surface area contributed by atoms with Crippen molar-refractivity contribution in [2.75, 3.05) is 13.2 Å². The van der Waals surface area contributed by atoms with Crippen LogP contribution >= 0.6 is 0 Å². The second-order valence-electron chi connectivity index (χ2n) is 11.3. The molecule has 4 aromatic carbocycles. The van der Waals surface area contributed by atoms with Crippen LogP contribution in [-0.2, 0) is 9.47 Å². The van der Waals surface area contributed by atoms with E-state index in [1.807, 2.05) is 0 Å². The molecular formula is C36H29F9O3. The van der Waals surface area contributed by atoms with Gasteiger partial charge < -0.3 is 14.2 Å². The first-order valence-corrected chi connectivity index (χ1v) is 15.1. The van der Waals surface area contributed by atoms with Crippen LogP contribution in [0.5, 0.6) is 5.75 Å². The average molecular weight is 681 g/mol. The Bertz CT molecular complexity index is 1750. The Morgan fingerprint density at radius 1 is 0.708 bits per heavy atom. The first kappa shape index (κ1) is 35.0. The fourth-order valence-electron chi connectivity index (χ4n) is 5.28. The number of benzene rings is 4. The van der Waals surface area contributed by atoms with Gasteiger partial charge in [-0.1, -0.05) is 50.5 Å². The lowest BCUT2D eigenvalue weighted by Gasteiger charge is -2.29. The molecule has 1 aliphatic rings. The summed E-state index contributed by atoms with van der Waals surface area (Å²) in [6.45, 7) is 3.11. The summed E-state index contributed by atoms with van der Waals surface area (Å²) >= 11 is 0. The van der Waals surface area contributed by atoms with Gasteiger partial charge in [0.05, 0.1) is 13.2 Å². The van der Waals surface area contributed by atoms with Crippen molar-refractivity contribution in [1.29, 1.82) is 0 Å². The quantitative estimate of drug-likeness (QED) is 0.0897. The molecular weight excluding hydrogens is 651 g/mol. The van der Waals surface area contributed by atoms with Crippen molar-refractivity contribution in [2.24, 2.45) is 5.92 Å². The number of rotatable bonds is 11. The van der Waals surface area contributed by atoms with Crippen molar-refractivity contribution in [2.45, 2.75) is 45.0 Å². The molecule has 1 saturated heterocycles. The molecule has 0 aromatic heterocycles. The molecule has 48 heavy (non-hydrogen) atoms. The van der Waals surface area contributed by atoms with Gasteiger partial charge in [0, 0.05) is 46.4 Å². The molecule has 0 saturated carbocycles. The smallest absolute Gasteiger partial charge is 0.419 e. The Kier molecular flexibility index (Phi) is 10.8. The Hall–Kier alpha value is -4.29. The molecule has 0 bridgehead atoms. The van der Waals surface area contributed by atoms with E-state index in [-0.39, 0.29) is 46.4 Å². The van der Waals surface area contributed by atoms with Crippen LogP contribution in [0, 0.1) is 46.6 Å². The third-order valence-corrected chi connectivity index (χ3v) is 7.77. The molecule has 1 aliphatic heterocycles. The van der Waals surface area contributed by atoms with Crippen molar-refractivity contribution in [3.05, 3.63) is 119 Å². The summed E-state index contributed by atoms with van der Waals surface area (Å²) in [7, 11) is 0. The highest BCUT2D eigenvalue weighted by Crippen LogP contribution is 2.35. The molecule has 0 spiro atoms. The lowest BCUT2D eigenvalue weighted by Crippen LogP contribution is -2.27. The summed E-state index contributed by atoms with van der Waals surface area (Å²) in [4.78, 5) is 0. The van der Waals surface area contributed by atoms with E-state index in [1.54, 1.807) is 6.07 Å². The van der Waals surface area contributed by atoms with Gasteiger partial charge in [-0.05, 0) is 47.9 Å². The molecule has 0 aliphatic carbocycles. The van der Waals surface area contributed by atoms with E-state index in [4.69, 9.17) is 9.47 Å². The molecule has 0 radical (unpaired) electrons. The van der Waals surface area contributed by atoms with Crippen LogP contribution in [0.15, 0.2) is 66.7 Å². The number of ether oxygens (including phenoxy) is 3. The van der Waals surface area contributed by atoms with Gasteiger partial charge >= 0.3 is 6.11 Å². The van der Waals surface area contributed by atoms with Gasteiger partial charge in [0.15, 0.2) is 23.7 Å². The zero-order chi connectivity index (χ0) is 34.6. The molecule has 0 amide bonds. The van der Waals surface area contributed by atoms with E-state index in [1.165, 1.54) is 24.3 Å². The van der Waals surface area contributed by atoms with E-state index in [0.717, 1.165) is 31.7 Å². The molecule has 0 N–H and O–H groups in total. The molecule has 3 nitrogen and oxygen atoms in total. The molecule has 1 fully saturated rings. The minimum absolute atomic E-state index is 0.0598. The van der Waals surface area contributed by atoms with E-state index < -0.39 is 64.4 Å². The third kappa shape index (κ3) is 8.22. The predicted molar refractivity (Wildman–Crippen MR) is 160 cm³/mol. The van der Waals surface area contributed by atoms with E-state index in [0.29, 0.717) is 37.0 Å². The van der Waals surface area contributed by atoms with Gasteiger partial charge in [-0.2, -0.15) is 8.78 Å². The zero-order valence-corrected chi connectivity index (χ0v) is 25.5. The SMILES string of the molecule is CCCCCC1COC(c2ccc(-c3ccc(-c4cc(F)c(/C=C/C(F)(F)Oc5cc(F)c(F)c(F)c5)c(F)c4)c(F)c3)c(F)c2)OC1. The van der Waals surface area contributed by atoms with Gasteiger partial charge in [-0.25, -0.2) is 30.7 Å². The summed E-state index contributed by atoms with van der Waals surface area (Å²) < 4.78 is 144. The van der Waals surface area contributed by atoms with E-state index in [2.05, 4.69) is 11.7 Å². The maximum absolute atomic E-state index is 15.2. The zero-order valence-electron chi connectivity index (χ0n) is 25.5. The first-order valence-electron chi connectivity index (χ1n) is 15.1. The standard InChI is InChI=1S/C36H29F9O3/c1-2-3-4-5-20-18-46-35(47-19-20)22-7-9-25(29(38)13-22)21-6-8-26(28(37)12-21)23-14-30(39)27(31(40)15-23)10-11-36(44,45)48-24-16-32(41)34(43)33(42)17-24/h6-17,20,35H,2-5,18-19H2,1H3/b11-10+. The van der Waals surface area contributed by atoms with Crippen molar-refractivity contribution >= 4 is 6.08 Å². The molecule has 12 heteroatoms. The number of hydrogen-bond donors (Lipinski definition) is 0. The minimum atomic E-state index is -4.32. The summed E-state index contributed by atoms with van der Waals surface area (Å²) in [5.74, 6) is -10.6. The Labute approximate surface area is 270 Å². The second-order valence-corrected chi connectivity index (χ2v) is 11.3. The molecule has 254 valence electrons. The monoisotopic (exact) mass is 680 g/mol. The summed E-state index contributed by atoms with van der Waals surface area (Å²) in [6.07, 6.45) is -0.508. The Morgan fingerprint density at radius 2 is 1.29 bits per heavy atom.